The molecule has 0 aromatic carbocycles. The van der Waals surface area contributed by atoms with E-state index in [1.807, 2.05) is 25.8 Å². The second kappa shape index (κ2) is 5.16. The van der Waals surface area contributed by atoms with Crippen molar-refractivity contribution in [1.29, 1.82) is 0 Å². The van der Waals surface area contributed by atoms with Gasteiger partial charge in [-0.2, -0.15) is 0 Å². The van der Waals surface area contributed by atoms with Gasteiger partial charge in [-0.25, -0.2) is 0 Å². The average Bonchev–Trinajstić information content (AvgIpc) is 1.98. The van der Waals surface area contributed by atoms with Crippen LogP contribution in [0.25, 0.3) is 0 Å². The minimum atomic E-state index is 0.136. The lowest BCUT2D eigenvalue weighted by Crippen LogP contribution is -2.31. The zero-order valence-electron chi connectivity index (χ0n) is 8.05. The molecule has 66 valence electrons. The molecule has 0 radical (unpaired) electrons. The summed E-state index contributed by atoms with van der Waals surface area (Å²) in [4.78, 5) is 13.1. The monoisotopic (exact) mass is 157 g/mol. The van der Waals surface area contributed by atoms with Crippen LogP contribution in [-0.4, -0.2) is 24.4 Å². The molecule has 0 unspecified atom stereocenters. The molecule has 0 N–H and O–H groups in total. The van der Waals surface area contributed by atoms with Crippen LogP contribution in [0.1, 0.15) is 33.6 Å². The molecule has 0 aromatic rings. The maximum Gasteiger partial charge on any atom is 0.224 e. The SMILES string of the molecule is CCCCN(C)C(=O)C(C)C. The summed E-state index contributed by atoms with van der Waals surface area (Å²) in [6.45, 7) is 6.90. The summed E-state index contributed by atoms with van der Waals surface area (Å²) in [5.74, 6) is 0.385. The molecule has 2 nitrogen and oxygen atoms in total. The van der Waals surface area contributed by atoms with E-state index in [-0.39, 0.29) is 11.8 Å². The Kier molecular flexibility index (Phi) is 4.92. The molecular formula is C9H19NO. The molecule has 0 spiro atoms. The highest BCUT2D eigenvalue weighted by Gasteiger charge is 2.11. The van der Waals surface area contributed by atoms with Crippen LogP contribution in [-0.2, 0) is 4.79 Å². The zero-order valence-corrected chi connectivity index (χ0v) is 8.05. The second-order valence-electron chi connectivity index (χ2n) is 3.27. The van der Waals surface area contributed by atoms with Gasteiger partial charge < -0.3 is 4.90 Å². The van der Waals surface area contributed by atoms with Crippen LogP contribution < -0.4 is 0 Å². The van der Waals surface area contributed by atoms with Crippen LogP contribution in [0, 0.1) is 5.92 Å². The first-order valence-electron chi connectivity index (χ1n) is 4.34. The molecule has 0 aliphatic carbocycles. The molecule has 0 fully saturated rings. The summed E-state index contributed by atoms with van der Waals surface area (Å²) in [5, 5.41) is 0. The molecule has 0 bridgehead atoms. The Morgan fingerprint density at radius 2 is 2.00 bits per heavy atom. The van der Waals surface area contributed by atoms with E-state index in [1.54, 1.807) is 0 Å². The third-order valence-corrected chi connectivity index (χ3v) is 1.72. The summed E-state index contributed by atoms with van der Waals surface area (Å²) in [6.07, 6.45) is 2.25. The van der Waals surface area contributed by atoms with Gasteiger partial charge in [0.05, 0.1) is 0 Å². The van der Waals surface area contributed by atoms with Gasteiger partial charge in [0, 0.05) is 19.5 Å². The van der Waals surface area contributed by atoms with Gasteiger partial charge >= 0.3 is 0 Å². The quantitative estimate of drug-likeness (QED) is 0.610. The summed E-state index contributed by atoms with van der Waals surface area (Å²) in [5.41, 5.74) is 0. The van der Waals surface area contributed by atoms with Crippen molar-refractivity contribution in [2.24, 2.45) is 5.92 Å². The molecule has 0 aliphatic heterocycles. The molecule has 2 heteroatoms. The highest BCUT2D eigenvalue weighted by atomic mass is 16.2. The van der Waals surface area contributed by atoms with Crippen molar-refractivity contribution in [2.45, 2.75) is 33.6 Å². The Labute approximate surface area is 69.6 Å². The average molecular weight is 157 g/mol. The normalized spacial score (nSPS) is 10.3. The Hall–Kier alpha value is -0.530. The fourth-order valence-electron chi connectivity index (χ4n) is 0.946. The smallest absolute Gasteiger partial charge is 0.224 e. The molecule has 0 heterocycles. The van der Waals surface area contributed by atoms with E-state index in [0.29, 0.717) is 0 Å². The molecule has 0 aromatic heterocycles. The predicted octanol–water partition coefficient (Wildman–Crippen LogP) is 1.90. The third-order valence-electron chi connectivity index (χ3n) is 1.72. The molecule has 0 saturated heterocycles. The minimum Gasteiger partial charge on any atom is -0.346 e. The number of carbonyl (C=O) groups excluding carboxylic acids is 1. The minimum absolute atomic E-state index is 0.136. The Bertz CT molecular complexity index is 121. The van der Waals surface area contributed by atoms with Gasteiger partial charge in [-0.1, -0.05) is 27.2 Å². The molecule has 0 aliphatic rings. The largest absolute Gasteiger partial charge is 0.346 e. The van der Waals surface area contributed by atoms with Crippen molar-refractivity contribution < 1.29 is 4.79 Å². The fourth-order valence-corrected chi connectivity index (χ4v) is 0.946. The Balaban J connectivity index is 3.64. The molecule has 11 heavy (non-hydrogen) atoms. The standard InChI is InChI=1S/C9H19NO/c1-5-6-7-10(4)9(11)8(2)3/h8H,5-7H2,1-4H3. The van der Waals surface area contributed by atoms with Crippen molar-refractivity contribution in [2.75, 3.05) is 13.6 Å². The summed E-state index contributed by atoms with van der Waals surface area (Å²) in [6, 6.07) is 0. The maximum absolute atomic E-state index is 11.3. The zero-order chi connectivity index (χ0) is 8.85. The van der Waals surface area contributed by atoms with E-state index in [9.17, 15) is 4.79 Å². The van der Waals surface area contributed by atoms with Crippen molar-refractivity contribution in [1.82, 2.24) is 4.90 Å². The van der Waals surface area contributed by atoms with E-state index in [4.69, 9.17) is 0 Å². The second-order valence-corrected chi connectivity index (χ2v) is 3.27. The van der Waals surface area contributed by atoms with Crippen molar-refractivity contribution in [3.05, 3.63) is 0 Å². The number of amides is 1. The van der Waals surface area contributed by atoms with Crippen molar-refractivity contribution >= 4 is 5.91 Å². The molecule has 0 atom stereocenters. The molecule has 1 amide bonds. The number of hydrogen-bond donors (Lipinski definition) is 0. The van der Waals surface area contributed by atoms with E-state index in [0.717, 1.165) is 19.4 Å². The van der Waals surface area contributed by atoms with Gasteiger partial charge in [0.25, 0.3) is 0 Å². The van der Waals surface area contributed by atoms with Crippen LogP contribution >= 0.6 is 0 Å². The van der Waals surface area contributed by atoms with Gasteiger partial charge in [0.15, 0.2) is 0 Å². The highest BCUT2D eigenvalue weighted by Crippen LogP contribution is 2.00. The lowest BCUT2D eigenvalue weighted by molar-refractivity contribution is -0.133. The van der Waals surface area contributed by atoms with E-state index < -0.39 is 0 Å². The number of nitrogens with zero attached hydrogens (tertiary/aromatic N) is 1. The topological polar surface area (TPSA) is 20.3 Å². The van der Waals surface area contributed by atoms with Gasteiger partial charge in [-0.3, -0.25) is 4.79 Å². The highest BCUT2D eigenvalue weighted by molar-refractivity contribution is 5.77. The molecule has 0 saturated carbocycles. The first kappa shape index (κ1) is 10.5. The van der Waals surface area contributed by atoms with E-state index >= 15 is 0 Å². The maximum atomic E-state index is 11.3. The van der Waals surface area contributed by atoms with Crippen molar-refractivity contribution in [3.8, 4) is 0 Å². The Morgan fingerprint density at radius 3 is 2.36 bits per heavy atom. The first-order chi connectivity index (χ1) is 5.09. The van der Waals surface area contributed by atoms with Crippen LogP contribution in [0.3, 0.4) is 0 Å². The predicted molar refractivity (Wildman–Crippen MR) is 47.4 cm³/mol. The van der Waals surface area contributed by atoms with Crippen LogP contribution in [0.2, 0.25) is 0 Å². The number of hydrogen-bond acceptors (Lipinski definition) is 1. The fraction of sp³-hybridized carbons (Fsp3) is 0.889. The lowest BCUT2D eigenvalue weighted by atomic mass is 10.2. The molecular weight excluding hydrogens is 138 g/mol. The molecule has 0 rings (SSSR count). The van der Waals surface area contributed by atoms with E-state index in [1.165, 1.54) is 0 Å². The van der Waals surface area contributed by atoms with Gasteiger partial charge in [0.1, 0.15) is 0 Å². The van der Waals surface area contributed by atoms with E-state index in [2.05, 4.69) is 6.92 Å². The van der Waals surface area contributed by atoms with Gasteiger partial charge in [-0.15, -0.1) is 0 Å². The van der Waals surface area contributed by atoms with Gasteiger partial charge in [0.2, 0.25) is 5.91 Å². The van der Waals surface area contributed by atoms with Crippen LogP contribution in [0.4, 0.5) is 0 Å². The summed E-state index contributed by atoms with van der Waals surface area (Å²) in [7, 11) is 1.87. The van der Waals surface area contributed by atoms with Crippen LogP contribution in [0.15, 0.2) is 0 Å². The first-order valence-corrected chi connectivity index (χ1v) is 4.34. The number of carbonyl (C=O) groups is 1. The van der Waals surface area contributed by atoms with Gasteiger partial charge in [-0.05, 0) is 6.42 Å². The number of rotatable bonds is 4. The Morgan fingerprint density at radius 1 is 1.45 bits per heavy atom. The summed E-state index contributed by atoms with van der Waals surface area (Å²) >= 11 is 0. The summed E-state index contributed by atoms with van der Waals surface area (Å²) < 4.78 is 0. The lowest BCUT2D eigenvalue weighted by Gasteiger charge is -2.18. The van der Waals surface area contributed by atoms with Crippen molar-refractivity contribution in [3.63, 3.8) is 0 Å². The van der Waals surface area contributed by atoms with Crippen LogP contribution in [0.5, 0.6) is 0 Å². The number of unbranched alkanes of at least 4 members (excludes halogenated alkanes) is 1. The third kappa shape index (κ3) is 4.02.